The summed E-state index contributed by atoms with van der Waals surface area (Å²) in [6, 6.07) is 0. The molecule has 0 saturated carbocycles. The van der Waals surface area contributed by atoms with Gasteiger partial charge in [0.2, 0.25) is 5.91 Å². The molecule has 1 amide bonds. The average molecular weight is 287 g/mol. The van der Waals surface area contributed by atoms with Gasteiger partial charge in [0.05, 0.1) is 30.8 Å². The van der Waals surface area contributed by atoms with Gasteiger partial charge in [0.1, 0.15) is 0 Å². The number of carboxylic acids is 1. The van der Waals surface area contributed by atoms with E-state index in [2.05, 4.69) is 5.32 Å². The van der Waals surface area contributed by atoms with E-state index in [1.807, 2.05) is 6.92 Å². The Morgan fingerprint density at radius 1 is 1.45 bits per heavy atom. The van der Waals surface area contributed by atoms with Crippen molar-refractivity contribution in [1.82, 2.24) is 5.32 Å². The van der Waals surface area contributed by atoms with Gasteiger partial charge < -0.3 is 19.9 Å². The van der Waals surface area contributed by atoms with E-state index in [1.54, 1.807) is 6.92 Å². The van der Waals surface area contributed by atoms with Crippen LogP contribution in [0.3, 0.4) is 0 Å². The van der Waals surface area contributed by atoms with Crippen molar-refractivity contribution in [2.24, 2.45) is 0 Å². The zero-order valence-corrected chi connectivity index (χ0v) is 12.5. The number of carbonyl (C=O) groups is 2. The van der Waals surface area contributed by atoms with Crippen LogP contribution in [0, 0.1) is 0 Å². The molecule has 0 radical (unpaired) electrons. The highest BCUT2D eigenvalue weighted by molar-refractivity contribution is 5.78. The summed E-state index contributed by atoms with van der Waals surface area (Å²) in [5.74, 6) is -1.12. The molecule has 0 bridgehead atoms. The van der Waals surface area contributed by atoms with Crippen molar-refractivity contribution >= 4 is 11.9 Å². The Morgan fingerprint density at radius 2 is 2.15 bits per heavy atom. The minimum absolute atomic E-state index is 0.143. The highest BCUT2D eigenvalue weighted by Gasteiger charge is 2.30. The number of rotatable bonds is 8. The van der Waals surface area contributed by atoms with Crippen LogP contribution in [0.25, 0.3) is 0 Å². The Bertz CT molecular complexity index is 346. The molecule has 3 unspecified atom stereocenters. The maximum Gasteiger partial charge on any atom is 0.305 e. The molecule has 1 aliphatic rings. The Hall–Kier alpha value is -1.14. The van der Waals surface area contributed by atoms with Crippen LogP contribution in [0.2, 0.25) is 0 Å². The molecule has 6 nitrogen and oxygen atoms in total. The highest BCUT2D eigenvalue weighted by Crippen LogP contribution is 2.22. The Morgan fingerprint density at radius 3 is 2.65 bits per heavy atom. The molecule has 2 N–H and O–H groups in total. The van der Waals surface area contributed by atoms with Crippen LogP contribution in [0.4, 0.5) is 0 Å². The van der Waals surface area contributed by atoms with Gasteiger partial charge in [-0.1, -0.05) is 0 Å². The summed E-state index contributed by atoms with van der Waals surface area (Å²) >= 11 is 0. The monoisotopic (exact) mass is 287 g/mol. The SMILES string of the molecule is COCC(C)(CC(=O)O)NC(=O)CCC1CCC(C)O1. The Balaban J connectivity index is 2.39. The maximum absolute atomic E-state index is 11.9. The third-order valence-electron chi connectivity index (χ3n) is 3.46. The lowest BCUT2D eigenvalue weighted by Crippen LogP contribution is -2.50. The summed E-state index contributed by atoms with van der Waals surface area (Å²) in [6.07, 6.45) is 3.29. The predicted octanol–water partition coefficient (Wildman–Crippen LogP) is 1.33. The first-order chi connectivity index (χ1) is 9.34. The number of aliphatic carboxylic acids is 1. The smallest absolute Gasteiger partial charge is 0.305 e. The quantitative estimate of drug-likeness (QED) is 0.703. The van der Waals surface area contributed by atoms with Crippen molar-refractivity contribution in [2.75, 3.05) is 13.7 Å². The molecule has 6 heteroatoms. The normalized spacial score (nSPS) is 25.1. The first-order valence-electron chi connectivity index (χ1n) is 7.02. The van der Waals surface area contributed by atoms with Crippen LogP contribution in [0.1, 0.15) is 46.0 Å². The van der Waals surface area contributed by atoms with Crippen LogP contribution in [0.15, 0.2) is 0 Å². The van der Waals surface area contributed by atoms with E-state index >= 15 is 0 Å². The van der Waals surface area contributed by atoms with Gasteiger partial charge in [0.15, 0.2) is 0 Å². The number of hydrogen-bond donors (Lipinski definition) is 2. The number of methoxy groups -OCH3 is 1. The molecule has 1 aliphatic heterocycles. The molecule has 0 aromatic carbocycles. The molecule has 0 aliphatic carbocycles. The van der Waals surface area contributed by atoms with Crippen molar-refractivity contribution < 1.29 is 24.2 Å². The molecule has 3 atom stereocenters. The van der Waals surface area contributed by atoms with Gasteiger partial charge in [-0.05, 0) is 33.1 Å². The van der Waals surface area contributed by atoms with Crippen molar-refractivity contribution in [3.8, 4) is 0 Å². The molecular formula is C14H25NO5. The molecule has 116 valence electrons. The first kappa shape index (κ1) is 16.9. The van der Waals surface area contributed by atoms with E-state index in [1.165, 1.54) is 7.11 Å². The van der Waals surface area contributed by atoms with Gasteiger partial charge in [0.25, 0.3) is 0 Å². The van der Waals surface area contributed by atoms with E-state index in [0.717, 1.165) is 12.8 Å². The van der Waals surface area contributed by atoms with Gasteiger partial charge in [-0.25, -0.2) is 0 Å². The largest absolute Gasteiger partial charge is 0.481 e. The molecule has 1 saturated heterocycles. The standard InChI is InChI=1S/C14H25NO5/c1-10-4-5-11(20-10)6-7-12(16)15-14(2,9-19-3)8-13(17)18/h10-11H,4-9H2,1-3H3,(H,15,16)(H,17,18). The van der Waals surface area contributed by atoms with Crippen molar-refractivity contribution in [1.29, 1.82) is 0 Å². The highest BCUT2D eigenvalue weighted by atomic mass is 16.5. The zero-order chi connectivity index (χ0) is 15.2. The second-order valence-corrected chi connectivity index (χ2v) is 5.80. The van der Waals surface area contributed by atoms with Gasteiger partial charge >= 0.3 is 5.97 Å². The van der Waals surface area contributed by atoms with Gasteiger partial charge in [-0.3, -0.25) is 9.59 Å². The molecular weight excluding hydrogens is 262 g/mol. The van der Waals surface area contributed by atoms with Crippen LogP contribution < -0.4 is 5.32 Å². The number of ether oxygens (including phenoxy) is 2. The van der Waals surface area contributed by atoms with Crippen molar-refractivity contribution in [2.45, 2.75) is 63.7 Å². The Kier molecular flexibility index (Phi) is 6.42. The summed E-state index contributed by atoms with van der Waals surface area (Å²) in [4.78, 5) is 22.8. The van der Waals surface area contributed by atoms with Crippen molar-refractivity contribution in [3.63, 3.8) is 0 Å². The van der Waals surface area contributed by atoms with E-state index < -0.39 is 11.5 Å². The summed E-state index contributed by atoms with van der Waals surface area (Å²) in [5.41, 5.74) is -0.874. The summed E-state index contributed by atoms with van der Waals surface area (Å²) < 4.78 is 10.7. The van der Waals surface area contributed by atoms with E-state index in [9.17, 15) is 9.59 Å². The van der Waals surface area contributed by atoms with E-state index in [-0.39, 0.29) is 31.1 Å². The number of carbonyl (C=O) groups excluding carboxylic acids is 1. The molecule has 1 fully saturated rings. The summed E-state index contributed by atoms with van der Waals surface area (Å²) in [7, 11) is 1.49. The second-order valence-electron chi connectivity index (χ2n) is 5.80. The van der Waals surface area contributed by atoms with Crippen molar-refractivity contribution in [3.05, 3.63) is 0 Å². The minimum Gasteiger partial charge on any atom is -0.481 e. The van der Waals surface area contributed by atoms with E-state index in [4.69, 9.17) is 14.6 Å². The molecule has 20 heavy (non-hydrogen) atoms. The lowest BCUT2D eigenvalue weighted by molar-refractivity contribution is -0.139. The van der Waals surface area contributed by atoms with Crippen LogP contribution in [-0.2, 0) is 19.1 Å². The Labute approximate surface area is 119 Å². The predicted molar refractivity (Wildman–Crippen MR) is 73.5 cm³/mol. The third kappa shape index (κ3) is 5.88. The average Bonchev–Trinajstić information content (AvgIpc) is 2.71. The lowest BCUT2D eigenvalue weighted by atomic mass is 9.98. The number of nitrogens with one attached hydrogen (secondary N) is 1. The van der Waals surface area contributed by atoms with Gasteiger partial charge in [-0.15, -0.1) is 0 Å². The summed E-state index contributed by atoms with van der Waals surface area (Å²) in [6.45, 7) is 3.88. The second kappa shape index (κ2) is 7.59. The first-order valence-corrected chi connectivity index (χ1v) is 7.02. The third-order valence-corrected chi connectivity index (χ3v) is 3.46. The molecule has 1 rings (SSSR count). The molecule has 0 aromatic rings. The van der Waals surface area contributed by atoms with Crippen LogP contribution in [-0.4, -0.2) is 48.4 Å². The van der Waals surface area contributed by atoms with Gasteiger partial charge in [0, 0.05) is 13.5 Å². The fraction of sp³-hybridized carbons (Fsp3) is 0.857. The van der Waals surface area contributed by atoms with Gasteiger partial charge in [-0.2, -0.15) is 0 Å². The lowest BCUT2D eigenvalue weighted by Gasteiger charge is -2.28. The number of hydrogen-bond acceptors (Lipinski definition) is 4. The van der Waals surface area contributed by atoms with Crippen LogP contribution in [0.5, 0.6) is 0 Å². The number of carboxylic acid groups (broad SMARTS) is 1. The molecule has 0 aromatic heterocycles. The fourth-order valence-corrected chi connectivity index (χ4v) is 2.57. The zero-order valence-electron chi connectivity index (χ0n) is 12.5. The fourth-order valence-electron chi connectivity index (χ4n) is 2.57. The number of amides is 1. The minimum atomic E-state index is -0.960. The van der Waals surface area contributed by atoms with Crippen LogP contribution >= 0.6 is 0 Å². The summed E-state index contributed by atoms with van der Waals surface area (Å²) in [5, 5.41) is 11.7. The molecule has 0 spiro atoms. The maximum atomic E-state index is 11.9. The topological polar surface area (TPSA) is 84.9 Å². The molecule has 1 heterocycles. The van der Waals surface area contributed by atoms with E-state index in [0.29, 0.717) is 12.8 Å².